The van der Waals surface area contributed by atoms with Crippen LogP contribution in [0.25, 0.3) is 0 Å². The highest BCUT2D eigenvalue weighted by atomic mass is 31.2. The molecule has 0 aliphatic carbocycles. The van der Waals surface area contributed by atoms with E-state index in [1.165, 1.54) is 0 Å². The van der Waals surface area contributed by atoms with E-state index in [1.54, 1.807) is 19.1 Å². The number of benzene rings is 1. The third kappa shape index (κ3) is 2.41. The SMILES string of the molecule is Cc1ccccc1[C@H](C)P(=O)(O)O. The summed E-state index contributed by atoms with van der Waals surface area (Å²) < 4.78 is 11.0. The normalized spacial score (nSPS) is 14.2. The molecule has 0 heterocycles. The van der Waals surface area contributed by atoms with E-state index in [-0.39, 0.29) is 0 Å². The third-order valence-electron chi connectivity index (χ3n) is 2.14. The first-order valence-corrected chi connectivity index (χ1v) is 5.72. The van der Waals surface area contributed by atoms with Gasteiger partial charge in [-0.2, -0.15) is 0 Å². The van der Waals surface area contributed by atoms with Crippen LogP contribution in [0.15, 0.2) is 24.3 Å². The first-order valence-electron chi connectivity index (χ1n) is 4.03. The zero-order chi connectivity index (χ0) is 10.1. The van der Waals surface area contributed by atoms with E-state index in [1.807, 2.05) is 19.1 Å². The summed E-state index contributed by atoms with van der Waals surface area (Å²) in [6.45, 7) is 3.39. The van der Waals surface area contributed by atoms with Crippen molar-refractivity contribution in [1.29, 1.82) is 0 Å². The Balaban J connectivity index is 3.09. The topological polar surface area (TPSA) is 57.5 Å². The molecule has 2 N–H and O–H groups in total. The number of hydrogen-bond donors (Lipinski definition) is 2. The van der Waals surface area contributed by atoms with Crippen molar-refractivity contribution in [3.05, 3.63) is 35.4 Å². The molecule has 13 heavy (non-hydrogen) atoms. The molecule has 1 aromatic rings. The van der Waals surface area contributed by atoms with Gasteiger partial charge < -0.3 is 9.79 Å². The molecule has 1 rings (SSSR count). The molecule has 0 saturated carbocycles. The summed E-state index contributed by atoms with van der Waals surface area (Å²) in [5.41, 5.74) is 0.919. The standard InChI is InChI=1S/C9H13O3P/c1-7-5-3-4-6-9(7)8(2)13(10,11)12/h3-6,8H,1-2H3,(H2,10,11,12)/t8-/m0/s1. The lowest BCUT2D eigenvalue weighted by Gasteiger charge is -2.15. The van der Waals surface area contributed by atoms with Crippen molar-refractivity contribution < 1.29 is 14.4 Å². The van der Waals surface area contributed by atoms with Crippen molar-refractivity contribution in [3.8, 4) is 0 Å². The summed E-state index contributed by atoms with van der Waals surface area (Å²) in [6.07, 6.45) is 0. The highest BCUT2D eigenvalue weighted by Gasteiger charge is 2.26. The molecule has 3 nitrogen and oxygen atoms in total. The second kappa shape index (κ2) is 3.62. The highest BCUT2D eigenvalue weighted by Crippen LogP contribution is 2.51. The van der Waals surface area contributed by atoms with Crippen LogP contribution in [-0.2, 0) is 4.57 Å². The second-order valence-electron chi connectivity index (χ2n) is 3.12. The van der Waals surface area contributed by atoms with Crippen LogP contribution in [0.1, 0.15) is 23.7 Å². The van der Waals surface area contributed by atoms with E-state index in [9.17, 15) is 4.57 Å². The van der Waals surface area contributed by atoms with Crippen LogP contribution in [0, 0.1) is 6.92 Å². The van der Waals surface area contributed by atoms with Crippen LogP contribution in [-0.4, -0.2) is 9.79 Å². The zero-order valence-electron chi connectivity index (χ0n) is 7.64. The minimum atomic E-state index is -4.01. The molecule has 0 bridgehead atoms. The highest BCUT2D eigenvalue weighted by molar-refractivity contribution is 7.52. The minimum Gasteiger partial charge on any atom is -0.324 e. The maximum atomic E-state index is 11.0. The molecule has 1 atom stereocenters. The molecule has 0 aliphatic heterocycles. The molecule has 0 unspecified atom stereocenters. The van der Waals surface area contributed by atoms with Crippen LogP contribution in [0.5, 0.6) is 0 Å². The average molecular weight is 200 g/mol. The molecule has 1 aromatic carbocycles. The Hall–Kier alpha value is -0.630. The van der Waals surface area contributed by atoms with Gasteiger partial charge in [0.05, 0.1) is 5.66 Å². The fraction of sp³-hybridized carbons (Fsp3) is 0.333. The maximum absolute atomic E-state index is 11.0. The number of aryl methyl sites for hydroxylation is 1. The molecule has 0 aromatic heterocycles. The lowest BCUT2D eigenvalue weighted by molar-refractivity contribution is 0.361. The van der Waals surface area contributed by atoms with Gasteiger partial charge in [0, 0.05) is 0 Å². The Bertz CT molecular complexity index is 342. The predicted molar refractivity (Wildman–Crippen MR) is 51.6 cm³/mol. The molecule has 0 radical (unpaired) electrons. The minimum absolute atomic E-state index is 0.714. The van der Waals surface area contributed by atoms with E-state index >= 15 is 0 Å². The van der Waals surface area contributed by atoms with Gasteiger partial charge in [-0.25, -0.2) is 0 Å². The van der Waals surface area contributed by atoms with E-state index in [0.29, 0.717) is 0 Å². The third-order valence-corrected chi connectivity index (χ3v) is 3.43. The van der Waals surface area contributed by atoms with E-state index < -0.39 is 13.3 Å². The van der Waals surface area contributed by atoms with Crippen LogP contribution in [0.2, 0.25) is 0 Å². The van der Waals surface area contributed by atoms with Gasteiger partial charge in [0.15, 0.2) is 0 Å². The number of hydrogen-bond acceptors (Lipinski definition) is 1. The average Bonchev–Trinajstić information content (AvgIpc) is 2.02. The zero-order valence-corrected chi connectivity index (χ0v) is 8.53. The van der Waals surface area contributed by atoms with Crippen LogP contribution in [0.4, 0.5) is 0 Å². The van der Waals surface area contributed by atoms with Crippen molar-refractivity contribution in [2.75, 3.05) is 0 Å². The molecule has 72 valence electrons. The molecule has 0 spiro atoms. The molecular weight excluding hydrogens is 187 g/mol. The maximum Gasteiger partial charge on any atom is 0.332 e. The van der Waals surface area contributed by atoms with E-state index in [4.69, 9.17) is 9.79 Å². The summed E-state index contributed by atoms with van der Waals surface area (Å²) in [4.78, 5) is 18.0. The van der Waals surface area contributed by atoms with E-state index in [0.717, 1.165) is 11.1 Å². The monoisotopic (exact) mass is 200 g/mol. The van der Waals surface area contributed by atoms with Gasteiger partial charge >= 0.3 is 7.60 Å². The Kier molecular flexibility index (Phi) is 2.91. The Labute approximate surface area is 77.6 Å². The van der Waals surface area contributed by atoms with Gasteiger partial charge in [-0.1, -0.05) is 24.3 Å². The fourth-order valence-electron chi connectivity index (χ4n) is 1.24. The van der Waals surface area contributed by atoms with Gasteiger partial charge in [-0.15, -0.1) is 0 Å². The van der Waals surface area contributed by atoms with Crippen LogP contribution >= 0.6 is 7.60 Å². The van der Waals surface area contributed by atoms with Crippen LogP contribution in [0.3, 0.4) is 0 Å². The summed E-state index contributed by atoms with van der Waals surface area (Å²) in [6, 6.07) is 7.24. The lowest BCUT2D eigenvalue weighted by Crippen LogP contribution is -1.96. The molecule has 0 fully saturated rings. The Morgan fingerprint density at radius 3 is 2.31 bits per heavy atom. The lowest BCUT2D eigenvalue weighted by atomic mass is 10.1. The van der Waals surface area contributed by atoms with Crippen molar-refractivity contribution in [1.82, 2.24) is 0 Å². The van der Waals surface area contributed by atoms with E-state index in [2.05, 4.69) is 0 Å². The quantitative estimate of drug-likeness (QED) is 0.719. The van der Waals surface area contributed by atoms with Gasteiger partial charge in [-0.3, -0.25) is 4.57 Å². The first-order chi connectivity index (χ1) is 5.93. The molecule has 0 amide bonds. The van der Waals surface area contributed by atoms with Crippen LogP contribution < -0.4 is 0 Å². The van der Waals surface area contributed by atoms with Crippen molar-refractivity contribution in [2.45, 2.75) is 19.5 Å². The Morgan fingerprint density at radius 2 is 1.85 bits per heavy atom. The summed E-state index contributed by atoms with van der Waals surface area (Å²) in [7, 11) is -4.01. The van der Waals surface area contributed by atoms with Crippen molar-refractivity contribution in [2.24, 2.45) is 0 Å². The molecular formula is C9H13O3P. The van der Waals surface area contributed by atoms with Gasteiger partial charge in [0.1, 0.15) is 0 Å². The number of rotatable bonds is 2. The summed E-state index contributed by atoms with van der Waals surface area (Å²) in [5, 5.41) is 0. The molecule has 4 heteroatoms. The summed E-state index contributed by atoms with van der Waals surface area (Å²) in [5.74, 6) is 0. The Morgan fingerprint density at radius 1 is 1.31 bits per heavy atom. The molecule has 0 aliphatic rings. The largest absolute Gasteiger partial charge is 0.332 e. The van der Waals surface area contributed by atoms with Gasteiger partial charge in [0.2, 0.25) is 0 Å². The second-order valence-corrected chi connectivity index (χ2v) is 5.07. The molecule has 0 saturated heterocycles. The van der Waals surface area contributed by atoms with Crippen molar-refractivity contribution >= 4 is 7.60 Å². The fourth-order valence-corrected chi connectivity index (χ4v) is 1.89. The summed E-state index contributed by atoms with van der Waals surface area (Å²) >= 11 is 0. The smallest absolute Gasteiger partial charge is 0.324 e. The van der Waals surface area contributed by atoms with Gasteiger partial charge in [-0.05, 0) is 25.0 Å². The first kappa shape index (κ1) is 10.5. The predicted octanol–water partition coefficient (Wildman–Crippen LogP) is 2.23. The van der Waals surface area contributed by atoms with Crippen molar-refractivity contribution in [3.63, 3.8) is 0 Å². The van der Waals surface area contributed by atoms with Gasteiger partial charge in [0.25, 0.3) is 0 Å².